The molecule has 0 aromatic rings. The number of hydrogen-bond acceptors (Lipinski definition) is 4. The molecule has 0 bridgehead atoms. The highest BCUT2D eigenvalue weighted by atomic mass is 32.2. The molecule has 0 aromatic carbocycles. The van der Waals surface area contributed by atoms with Gasteiger partial charge in [0.2, 0.25) is 0 Å². The van der Waals surface area contributed by atoms with Crippen molar-refractivity contribution in [1.82, 2.24) is 0 Å². The van der Waals surface area contributed by atoms with Crippen LogP contribution < -0.4 is 0 Å². The maximum Gasteiger partial charge on any atom is 0.156 e. The standard InChI is InChI=1S/C8H16O4S/c1-2-3-7-13(10,11)8-6-12-5-4-9/h2-3,9H,4-8H2,1H3/b3-2+. The lowest BCUT2D eigenvalue weighted by molar-refractivity contribution is 0.103. The molecule has 0 saturated carbocycles. The Morgan fingerprint density at radius 1 is 1.38 bits per heavy atom. The van der Waals surface area contributed by atoms with Gasteiger partial charge in [0.1, 0.15) is 0 Å². The van der Waals surface area contributed by atoms with Crippen LogP contribution in [0.25, 0.3) is 0 Å². The van der Waals surface area contributed by atoms with Crippen molar-refractivity contribution >= 4 is 9.84 Å². The molecule has 5 heteroatoms. The predicted octanol–water partition coefficient (Wildman–Crippen LogP) is -0.0138. The lowest BCUT2D eigenvalue weighted by Gasteiger charge is -2.01. The van der Waals surface area contributed by atoms with Crippen LogP contribution in [0.2, 0.25) is 0 Å². The summed E-state index contributed by atoms with van der Waals surface area (Å²) in [6.45, 7) is 2.05. The third-order valence-electron chi connectivity index (χ3n) is 1.36. The van der Waals surface area contributed by atoms with Crippen molar-refractivity contribution < 1.29 is 18.3 Å². The van der Waals surface area contributed by atoms with Crippen molar-refractivity contribution in [3.8, 4) is 0 Å². The van der Waals surface area contributed by atoms with Gasteiger partial charge >= 0.3 is 0 Å². The SMILES string of the molecule is C/C=C/CS(=O)(=O)CCOCCO. The van der Waals surface area contributed by atoms with E-state index in [0.29, 0.717) is 0 Å². The van der Waals surface area contributed by atoms with Gasteiger partial charge < -0.3 is 9.84 Å². The number of sulfone groups is 1. The summed E-state index contributed by atoms with van der Waals surface area (Å²) in [5, 5.41) is 8.35. The van der Waals surface area contributed by atoms with E-state index < -0.39 is 9.84 Å². The lowest BCUT2D eigenvalue weighted by Crippen LogP contribution is -2.15. The van der Waals surface area contributed by atoms with Crippen molar-refractivity contribution in [2.24, 2.45) is 0 Å². The van der Waals surface area contributed by atoms with Crippen LogP contribution in [0.5, 0.6) is 0 Å². The fourth-order valence-electron chi connectivity index (χ4n) is 0.679. The molecule has 78 valence electrons. The molecule has 13 heavy (non-hydrogen) atoms. The van der Waals surface area contributed by atoms with Gasteiger partial charge in [-0.1, -0.05) is 12.2 Å². The highest BCUT2D eigenvalue weighted by Crippen LogP contribution is 1.91. The van der Waals surface area contributed by atoms with Crippen LogP contribution >= 0.6 is 0 Å². The Kier molecular flexibility index (Phi) is 6.84. The first-order valence-electron chi connectivity index (χ1n) is 4.12. The average Bonchev–Trinajstić information content (AvgIpc) is 2.09. The molecule has 0 unspecified atom stereocenters. The van der Waals surface area contributed by atoms with Crippen molar-refractivity contribution in [1.29, 1.82) is 0 Å². The topological polar surface area (TPSA) is 63.6 Å². The second-order valence-corrected chi connectivity index (χ2v) is 4.75. The maximum atomic E-state index is 11.2. The highest BCUT2D eigenvalue weighted by Gasteiger charge is 2.07. The van der Waals surface area contributed by atoms with Gasteiger partial charge in [0.25, 0.3) is 0 Å². The molecule has 0 aliphatic carbocycles. The molecule has 0 rings (SSSR count). The summed E-state index contributed by atoms with van der Waals surface area (Å²) in [6.07, 6.45) is 3.30. The molecule has 0 fully saturated rings. The Balaban J connectivity index is 3.64. The second-order valence-electron chi connectivity index (χ2n) is 2.52. The van der Waals surface area contributed by atoms with Crippen LogP contribution in [0.3, 0.4) is 0 Å². The van der Waals surface area contributed by atoms with Crippen LogP contribution in [-0.4, -0.2) is 44.9 Å². The van der Waals surface area contributed by atoms with Crippen LogP contribution in [0.15, 0.2) is 12.2 Å². The highest BCUT2D eigenvalue weighted by molar-refractivity contribution is 7.91. The number of hydrogen-bond donors (Lipinski definition) is 1. The van der Waals surface area contributed by atoms with Crippen molar-refractivity contribution in [3.63, 3.8) is 0 Å². The van der Waals surface area contributed by atoms with E-state index in [4.69, 9.17) is 9.84 Å². The van der Waals surface area contributed by atoms with Gasteiger partial charge in [0.05, 0.1) is 31.3 Å². The van der Waals surface area contributed by atoms with E-state index in [0.717, 1.165) is 0 Å². The van der Waals surface area contributed by atoms with Crippen LogP contribution in [0.1, 0.15) is 6.92 Å². The van der Waals surface area contributed by atoms with Gasteiger partial charge in [-0.15, -0.1) is 0 Å². The first-order chi connectivity index (χ1) is 6.12. The van der Waals surface area contributed by atoms with Gasteiger partial charge in [0, 0.05) is 0 Å². The summed E-state index contributed by atoms with van der Waals surface area (Å²) in [5.74, 6) is 0.0727. The van der Waals surface area contributed by atoms with Crippen molar-refractivity contribution in [3.05, 3.63) is 12.2 Å². The lowest BCUT2D eigenvalue weighted by atomic mass is 10.6. The van der Waals surface area contributed by atoms with E-state index in [1.165, 1.54) is 0 Å². The fraction of sp³-hybridized carbons (Fsp3) is 0.750. The number of aliphatic hydroxyl groups excluding tert-OH is 1. The van der Waals surface area contributed by atoms with E-state index in [-0.39, 0.29) is 31.3 Å². The normalized spacial score (nSPS) is 12.5. The van der Waals surface area contributed by atoms with Gasteiger partial charge in [-0.05, 0) is 6.92 Å². The first kappa shape index (κ1) is 12.6. The summed E-state index contributed by atoms with van der Waals surface area (Å²) < 4.78 is 27.2. The Labute approximate surface area is 79.1 Å². The first-order valence-corrected chi connectivity index (χ1v) is 5.94. The zero-order valence-electron chi connectivity index (χ0n) is 7.77. The summed E-state index contributed by atoms with van der Waals surface area (Å²) in [7, 11) is -3.02. The zero-order chi connectivity index (χ0) is 10.2. The molecule has 4 nitrogen and oxygen atoms in total. The minimum absolute atomic E-state index is 0.0112. The van der Waals surface area contributed by atoms with E-state index in [1.54, 1.807) is 19.1 Å². The zero-order valence-corrected chi connectivity index (χ0v) is 8.59. The third kappa shape index (κ3) is 7.95. The molecule has 0 spiro atoms. The fourth-order valence-corrected chi connectivity index (χ4v) is 1.70. The number of allylic oxidation sites excluding steroid dienone is 1. The second kappa shape index (κ2) is 7.06. The Morgan fingerprint density at radius 3 is 2.62 bits per heavy atom. The molecule has 0 amide bonds. The largest absolute Gasteiger partial charge is 0.394 e. The van der Waals surface area contributed by atoms with E-state index in [9.17, 15) is 8.42 Å². The van der Waals surface area contributed by atoms with Crippen LogP contribution in [0, 0.1) is 0 Å². The Hall–Kier alpha value is -0.390. The molecule has 0 radical (unpaired) electrons. The summed E-state index contributed by atoms with van der Waals surface area (Å²) in [4.78, 5) is 0. The number of aliphatic hydroxyl groups is 1. The molecule has 0 atom stereocenters. The smallest absolute Gasteiger partial charge is 0.156 e. The molecule has 0 aliphatic rings. The molecular weight excluding hydrogens is 192 g/mol. The van der Waals surface area contributed by atoms with Gasteiger partial charge in [-0.3, -0.25) is 0 Å². The minimum Gasteiger partial charge on any atom is -0.394 e. The molecule has 0 heterocycles. The van der Waals surface area contributed by atoms with E-state index in [2.05, 4.69) is 0 Å². The van der Waals surface area contributed by atoms with Crippen LogP contribution in [0.4, 0.5) is 0 Å². The van der Waals surface area contributed by atoms with Gasteiger partial charge in [-0.25, -0.2) is 8.42 Å². The average molecular weight is 208 g/mol. The third-order valence-corrected chi connectivity index (χ3v) is 2.85. The Bertz CT molecular complexity index is 231. The number of ether oxygens (including phenoxy) is 1. The van der Waals surface area contributed by atoms with Crippen molar-refractivity contribution in [2.45, 2.75) is 6.92 Å². The Morgan fingerprint density at radius 2 is 2.08 bits per heavy atom. The summed E-state index contributed by atoms with van der Waals surface area (Å²) in [6, 6.07) is 0. The summed E-state index contributed by atoms with van der Waals surface area (Å²) in [5.41, 5.74) is 0. The molecule has 0 aromatic heterocycles. The van der Waals surface area contributed by atoms with E-state index in [1.807, 2.05) is 0 Å². The van der Waals surface area contributed by atoms with Gasteiger partial charge in [-0.2, -0.15) is 0 Å². The minimum atomic E-state index is -3.02. The predicted molar refractivity (Wildman–Crippen MR) is 51.4 cm³/mol. The van der Waals surface area contributed by atoms with Crippen LogP contribution in [-0.2, 0) is 14.6 Å². The maximum absolute atomic E-state index is 11.2. The molecule has 1 N–H and O–H groups in total. The molecule has 0 aliphatic heterocycles. The summed E-state index contributed by atoms with van der Waals surface area (Å²) >= 11 is 0. The molecule has 0 saturated heterocycles. The monoisotopic (exact) mass is 208 g/mol. The number of rotatable bonds is 7. The quantitative estimate of drug-likeness (QED) is 0.472. The van der Waals surface area contributed by atoms with Crippen molar-refractivity contribution in [2.75, 3.05) is 31.3 Å². The van der Waals surface area contributed by atoms with E-state index >= 15 is 0 Å². The molecular formula is C8H16O4S. The van der Waals surface area contributed by atoms with Gasteiger partial charge in [0.15, 0.2) is 9.84 Å².